The first-order valence-electron chi connectivity index (χ1n) is 11.1. The van der Waals surface area contributed by atoms with E-state index >= 15 is 0 Å². The van der Waals surface area contributed by atoms with Gasteiger partial charge in [0.05, 0.1) is 12.9 Å². The minimum absolute atomic E-state index is 0.0851. The molecule has 0 saturated carbocycles. The van der Waals surface area contributed by atoms with Gasteiger partial charge in [-0.1, -0.05) is 37.6 Å². The van der Waals surface area contributed by atoms with E-state index in [9.17, 15) is 13.2 Å². The molecule has 1 amide bonds. The average Bonchev–Trinajstić information content (AvgIpc) is 2.81. The zero-order chi connectivity index (χ0) is 25.1. The lowest BCUT2D eigenvalue weighted by Gasteiger charge is -2.21. The Bertz CT molecular complexity index is 1030. The standard InChI is InChI=1S/C24H33ClN2O6S/c1-5-34(29,30)27-22(17(2)3)24(28)26-14-13-18-7-6-8-21(23(18)31-4)33-16-15-32-20-11-9-19(25)10-12-20/h6-12,17,22,27H,5,13-16H2,1-4H3,(H,26,28). The van der Waals surface area contributed by atoms with E-state index in [0.717, 1.165) is 5.56 Å². The number of para-hydroxylation sites is 1. The van der Waals surface area contributed by atoms with Crippen LogP contribution in [0, 0.1) is 5.92 Å². The molecule has 0 saturated heterocycles. The summed E-state index contributed by atoms with van der Waals surface area (Å²) in [6, 6.07) is 11.8. The molecule has 0 aliphatic rings. The SMILES string of the molecule is CCS(=O)(=O)NC(C(=O)NCCc1cccc(OCCOc2ccc(Cl)cc2)c1OC)C(C)C. The minimum atomic E-state index is -3.50. The van der Waals surface area contributed by atoms with Crippen molar-refractivity contribution in [3.63, 3.8) is 0 Å². The highest BCUT2D eigenvalue weighted by atomic mass is 35.5. The molecule has 0 aliphatic carbocycles. The van der Waals surface area contributed by atoms with E-state index in [2.05, 4.69) is 10.0 Å². The number of rotatable bonds is 14. The second kappa shape index (κ2) is 13.4. The Labute approximate surface area is 207 Å². The molecule has 0 aliphatic heterocycles. The van der Waals surface area contributed by atoms with Gasteiger partial charge in [0, 0.05) is 11.6 Å². The van der Waals surface area contributed by atoms with Crippen molar-refractivity contribution in [2.24, 2.45) is 5.92 Å². The van der Waals surface area contributed by atoms with Crippen LogP contribution in [0.4, 0.5) is 0 Å². The summed E-state index contributed by atoms with van der Waals surface area (Å²) in [6.07, 6.45) is 0.485. The fourth-order valence-corrected chi connectivity index (χ4v) is 4.20. The molecule has 2 rings (SSSR count). The number of hydrogen-bond acceptors (Lipinski definition) is 6. The highest BCUT2D eigenvalue weighted by Gasteiger charge is 2.26. The van der Waals surface area contributed by atoms with E-state index in [4.69, 9.17) is 25.8 Å². The van der Waals surface area contributed by atoms with Gasteiger partial charge >= 0.3 is 0 Å². The summed E-state index contributed by atoms with van der Waals surface area (Å²) in [7, 11) is -1.94. The molecule has 0 bridgehead atoms. The van der Waals surface area contributed by atoms with Crippen molar-refractivity contribution in [3.8, 4) is 17.2 Å². The normalized spacial score (nSPS) is 12.3. The van der Waals surface area contributed by atoms with Crippen molar-refractivity contribution in [1.82, 2.24) is 10.0 Å². The second-order valence-corrected chi connectivity index (χ2v) is 10.4. The highest BCUT2D eigenvalue weighted by Crippen LogP contribution is 2.31. The lowest BCUT2D eigenvalue weighted by atomic mass is 10.0. The predicted molar refractivity (Wildman–Crippen MR) is 133 cm³/mol. The smallest absolute Gasteiger partial charge is 0.238 e. The maximum atomic E-state index is 12.6. The predicted octanol–water partition coefficient (Wildman–Crippen LogP) is 3.43. The van der Waals surface area contributed by atoms with E-state index in [0.29, 0.717) is 48.5 Å². The number of methoxy groups -OCH3 is 1. The van der Waals surface area contributed by atoms with E-state index < -0.39 is 16.1 Å². The lowest BCUT2D eigenvalue weighted by molar-refractivity contribution is -0.123. The van der Waals surface area contributed by atoms with Gasteiger partial charge in [0.1, 0.15) is 25.0 Å². The first-order chi connectivity index (χ1) is 16.2. The van der Waals surface area contributed by atoms with Gasteiger partial charge in [-0.15, -0.1) is 0 Å². The van der Waals surface area contributed by atoms with Gasteiger partial charge < -0.3 is 19.5 Å². The van der Waals surface area contributed by atoms with Crippen molar-refractivity contribution in [2.45, 2.75) is 33.2 Å². The summed E-state index contributed by atoms with van der Waals surface area (Å²) in [5.41, 5.74) is 0.856. The zero-order valence-corrected chi connectivity index (χ0v) is 21.5. The van der Waals surface area contributed by atoms with Crippen LogP contribution in [0.1, 0.15) is 26.3 Å². The van der Waals surface area contributed by atoms with E-state index in [1.807, 2.05) is 12.1 Å². The molecule has 2 aromatic carbocycles. The topological polar surface area (TPSA) is 103 Å². The van der Waals surface area contributed by atoms with Crippen molar-refractivity contribution < 1.29 is 27.4 Å². The molecule has 0 heterocycles. The molecule has 8 nitrogen and oxygen atoms in total. The molecule has 188 valence electrons. The number of benzene rings is 2. The van der Waals surface area contributed by atoms with E-state index in [1.54, 1.807) is 51.3 Å². The zero-order valence-electron chi connectivity index (χ0n) is 20.0. The average molecular weight is 513 g/mol. The van der Waals surface area contributed by atoms with Gasteiger partial charge in [-0.3, -0.25) is 4.79 Å². The number of hydrogen-bond donors (Lipinski definition) is 2. The lowest BCUT2D eigenvalue weighted by Crippen LogP contribution is -2.50. The fraction of sp³-hybridized carbons (Fsp3) is 0.458. The monoisotopic (exact) mass is 512 g/mol. The van der Waals surface area contributed by atoms with Gasteiger partial charge in [-0.2, -0.15) is 0 Å². The van der Waals surface area contributed by atoms with Gasteiger partial charge in [-0.25, -0.2) is 13.1 Å². The third-order valence-corrected chi connectivity index (χ3v) is 6.64. The quantitative estimate of drug-likeness (QED) is 0.376. The van der Waals surface area contributed by atoms with E-state index in [1.165, 1.54) is 6.92 Å². The van der Waals surface area contributed by atoms with Crippen LogP contribution in [-0.4, -0.2) is 53.0 Å². The molecule has 0 fully saturated rings. The largest absolute Gasteiger partial charge is 0.493 e. The molecule has 0 aromatic heterocycles. The maximum Gasteiger partial charge on any atom is 0.238 e. The molecule has 0 radical (unpaired) electrons. The summed E-state index contributed by atoms with van der Waals surface area (Å²) >= 11 is 5.87. The Hall–Kier alpha value is -2.49. The maximum absolute atomic E-state index is 12.6. The summed E-state index contributed by atoms with van der Waals surface area (Å²) in [6.45, 7) is 6.09. The number of amides is 1. The summed E-state index contributed by atoms with van der Waals surface area (Å²) in [4.78, 5) is 12.6. The third-order valence-electron chi connectivity index (χ3n) is 5.02. The van der Waals surface area contributed by atoms with Crippen LogP contribution in [0.25, 0.3) is 0 Å². The second-order valence-electron chi connectivity index (χ2n) is 7.88. The van der Waals surface area contributed by atoms with Crippen molar-refractivity contribution >= 4 is 27.5 Å². The van der Waals surface area contributed by atoms with Gasteiger partial charge in [-0.05, 0) is 55.2 Å². The van der Waals surface area contributed by atoms with Crippen LogP contribution in [0.2, 0.25) is 5.02 Å². The van der Waals surface area contributed by atoms with E-state index in [-0.39, 0.29) is 17.6 Å². The number of ether oxygens (including phenoxy) is 3. The van der Waals surface area contributed by atoms with Crippen LogP contribution in [0.5, 0.6) is 17.2 Å². The van der Waals surface area contributed by atoms with Crippen LogP contribution in [-0.2, 0) is 21.2 Å². The fourth-order valence-electron chi connectivity index (χ4n) is 3.14. The molecular weight excluding hydrogens is 480 g/mol. The first kappa shape index (κ1) is 27.8. The minimum Gasteiger partial charge on any atom is -0.493 e. The molecule has 1 atom stereocenters. The first-order valence-corrected chi connectivity index (χ1v) is 13.1. The Morgan fingerprint density at radius 1 is 1.06 bits per heavy atom. The molecule has 2 aromatic rings. The number of halogens is 1. The molecule has 34 heavy (non-hydrogen) atoms. The number of sulfonamides is 1. The number of carbonyl (C=O) groups excluding carboxylic acids is 1. The Kier molecular flexibility index (Phi) is 10.9. The molecule has 0 spiro atoms. The Morgan fingerprint density at radius 3 is 2.35 bits per heavy atom. The molecule has 2 N–H and O–H groups in total. The third kappa shape index (κ3) is 8.70. The molecule has 10 heteroatoms. The summed E-state index contributed by atoms with van der Waals surface area (Å²) in [5, 5.41) is 3.45. The van der Waals surface area contributed by atoms with Crippen LogP contribution in [0.3, 0.4) is 0 Å². The van der Waals surface area contributed by atoms with Gasteiger partial charge in [0.25, 0.3) is 0 Å². The van der Waals surface area contributed by atoms with Crippen LogP contribution >= 0.6 is 11.6 Å². The van der Waals surface area contributed by atoms with Crippen molar-refractivity contribution in [3.05, 3.63) is 53.1 Å². The molecule has 1 unspecified atom stereocenters. The molecular formula is C24H33ClN2O6S. The van der Waals surface area contributed by atoms with Crippen LogP contribution < -0.4 is 24.2 Å². The van der Waals surface area contributed by atoms with Gasteiger partial charge in [0.2, 0.25) is 15.9 Å². The summed E-state index contributed by atoms with van der Waals surface area (Å²) in [5.74, 6) is 1.21. The Balaban J connectivity index is 1.91. The van der Waals surface area contributed by atoms with Crippen molar-refractivity contribution in [2.75, 3.05) is 32.6 Å². The Morgan fingerprint density at radius 2 is 1.74 bits per heavy atom. The van der Waals surface area contributed by atoms with Crippen LogP contribution in [0.15, 0.2) is 42.5 Å². The number of carbonyl (C=O) groups is 1. The van der Waals surface area contributed by atoms with Gasteiger partial charge in [0.15, 0.2) is 11.5 Å². The summed E-state index contributed by atoms with van der Waals surface area (Å²) < 4.78 is 43.3. The van der Waals surface area contributed by atoms with Crippen molar-refractivity contribution in [1.29, 1.82) is 0 Å². The highest BCUT2D eigenvalue weighted by molar-refractivity contribution is 7.89. The number of nitrogens with one attached hydrogen (secondary N) is 2.